The molecule has 12 heavy (non-hydrogen) atoms. The van der Waals surface area contributed by atoms with Crippen LogP contribution in [0.3, 0.4) is 0 Å². The third-order valence-electron chi connectivity index (χ3n) is 1.87. The van der Waals surface area contributed by atoms with E-state index in [1.807, 2.05) is 6.07 Å². The topological polar surface area (TPSA) is 0 Å². The molecule has 0 spiro atoms. The molecule has 0 aliphatic heterocycles. The summed E-state index contributed by atoms with van der Waals surface area (Å²) >= 11 is 5.70. The van der Waals surface area contributed by atoms with E-state index in [1.165, 1.54) is 17.3 Å². The van der Waals surface area contributed by atoms with Crippen molar-refractivity contribution in [3.05, 3.63) is 29.6 Å². The monoisotopic (exact) mass is 202 g/mol. The summed E-state index contributed by atoms with van der Waals surface area (Å²) in [6, 6.07) is 4.91. The molecule has 0 saturated heterocycles. The lowest BCUT2D eigenvalue weighted by atomic mass is 10.2. The largest absolute Gasteiger partial charge is 0.207 e. The van der Waals surface area contributed by atoms with E-state index in [2.05, 4.69) is 13.1 Å². The SMILES string of the molecule is C[SiH](C)c1ccc(F)cc1CCl. The van der Waals surface area contributed by atoms with Crippen LogP contribution >= 0.6 is 11.6 Å². The third kappa shape index (κ3) is 2.08. The van der Waals surface area contributed by atoms with Crippen molar-refractivity contribution in [3.63, 3.8) is 0 Å². The highest BCUT2D eigenvalue weighted by molar-refractivity contribution is 6.71. The Morgan fingerprint density at radius 2 is 2.08 bits per heavy atom. The van der Waals surface area contributed by atoms with Crippen molar-refractivity contribution in [2.75, 3.05) is 0 Å². The van der Waals surface area contributed by atoms with Gasteiger partial charge in [-0.25, -0.2) is 4.39 Å². The number of hydrogen-bond acceptors (Lipinski definition) is 0. The van der Waals surface area contributed by atoms with Crippen molar-refractivity contribution in [2.24, 2.45) is 0 Å². The second kappa shape index (κ2) is 4.05. The first-order valence-electron chi connectivity index (χ1n) is 3.99. The Labute approximate surface area is 79.0 Å². The quantitative estimate of drug-likeness (QED) is 0.510. The summed E-state index contributed by atoms with van der Waals surface area (Å²) in [5.74, 6) is 0.224. The molecule has 0 amide bonds. The minimum Gasteiger partial charge on any atom is -0.207 e. The average molecular weight is 203 g/mol. The van der Waals surface area contributed by atoms with Gasteiger partial charge in [0.2, 0.25) is 0 Å². The molecule has 0 N–H and O–H groups in total. The molecular weight excluding hydrogens is 191 g/mol. The molecule has 0 aromatic heterocycles. The van der Waals surface area contributed by atoms with Crippen LogP contribution < -0.4 is 5.19 Å². The van der Waals surface area contributed by atoms with Crippen LogP contribution in [-0.2, 0) is 5.88 Å². The molecule has 66 valence electrons. The van der Waals surface area contributed by atoms with E-state index in [0.717, 1.165) is 5.56 Å². The summed E-state index contributed by atoms with van der Waals surface area (Å²) < 4.78 is 12.8. The molecule has 0 saturated carbocycles. The van der Waals surface area contributed by atoms with Gasteiger partial charge in [0, 0.05) is 5.88 Å². The number of rotatable bonds is 2. The number of alkyl halides is 1. The van der Waals surface area contributed by atoms with Crippen molar-refractivity contribution >= 4 is 25.6 Å². The van der Waals surface area contributed by atoms with Crippen LogP contribution in [0.15, 0.2) is 18.2 Å². The Kier molecular flexibility index (Phi) is 3.29. The van der Waals surface area contributed by atoms with E-state index >= 15 is 0 Å². The summed E-state index contributed by atoms with van der Waals surface area (Å²) in [4.78, 5) is 0. The fourth-order valence-corrected chi connectivity index (χ4v) is 3.02. The minimum atomic E-state index is -0.858. The molecule has 1 aromatic carbocycles. The van der Waals surface area contributed by atoms with Crippen molar-refractivity contribution in [2.45, 2.75) is 19.0 Å². The van der Waals surface area contributed by atoms with E-state index in [4.69, 9.17) is 11.6 Å². The van der Waals surface area contributed by atoms with Crippen LogP contribution in [0.4, 0.5) is 4.39 Å². The van der Waals surface area contributed by atoms with Crippen molar-refractivity contribution in [3.8, 4) is 0 Å². The predicted octanol–water partition coefficient (Wildman–Crippen LogP) is 2.26. The first-order chi connectivity index (χ1) is 5.65. The molecule has 1 rings (SSSR count). The number of hydrogen-bond donors (Lipinski definition) is 0. The van der Waals surface area contributed by atoms with Crippen LogP contribution in [0.1, 0.15) is 5.56 Å². The Morgan fingerprint density at radius 3 is 2.58 bits per heavy atom. The maximum absolute atomic E-state index is 12.8. The second-order valence-electron chi connectivity index (χ2n) is 3.13. The third-order valence-corrected chi connectivity index (χ3v) is 3.97. The van der Waals surface area contributed by atoms with Gasteiger partial charge in [-0.3, -0.25) is 0 Å². The van der Waals surface area contributed by atoms with E-state index < -0.39 is 8.80 Å². The van der Waals surface area contributed by atoms with Crippen molar-refractivity contribution < 1.29 is 4.39 Å². The number of halogens is 2. The van der Waals surface area contributed by atoms with E-state index in [1.54, 1.807) is 0 Å². The van der Waals surface area contributed by atoms with E-state index in [9.17, 15) is 4.39 Å². The maximum atomic E-state index is 12.8. The Morgan fingerprint density at radius 1 is 1.42 bits per heavy atom. The molecular formula is C9H12ClFSi. The van der Waals surface area contributed by atoms with Crippen molar-refractivity contribution in [1.29, 1.82) is 0 Å². The van der Waals surface area contributed by atoms with E-state index in [0.29, 0.717) is 5.88 Å². The highest BCUT2D eigenvalue weighted by atomic mass is 35.5. The van der Waals surface area contributed by atoms with Gasteiger partial charge in [0.05, 0.1) is 8.80 Å². The molecule has 0 bridgehead atoms. The zero-order valence-electron chi connectivity index (χ0n) is 7.27. The molecule has 3 heteroatoms. The summed E-state index contributed by atoms with van der Waals surface area (Å²) in [6.45, 7) is 4.42. The molecule has 0 nitrogen and oxygen atoms in total. The molecule has 0 heterocycles. The fourth-order valence-electron chi connectivity index (χ4n) is 1.25. The minimum absolute atomic E-state index is 0.191. The molecule has 0 radical (unpaired) electrons. The summed E-state index contributed by atoms with van der Waals surface area (Å²) in [7, 11) is -0.858. The zero-order valence-corrected chi connectivity index (χ0v) is 9.18. The lowest BCUT2D eigenvalue weighted by Gasteiger charge is -2.08. The average Bonchev–Trinajstić information content (AvgIpc) is 2.03. The Hall–Kier alpha value is -0.343. The zero-order chi connectivity index (χ0) is 9.14. The number of benzene rings is 1. The first-order valence-corrected chi connectivity index (χ1v) is 7.41. The Bertz CT molecular complexity index is 273. The highest BCUT2D eigenvalue weighted by Gasteiger charge is 2.06. The fraction of sp³-hybridized carbons (Fsp3) is 0.333. The van der Waals surface area contributed by atoms with Gasteiger partial charge >= 0.3 is 0 Å². The summed E-state index contributed by atoms with van der Waals surface area (Å²) in [6.07, 6.45) is 0. The summed E-state index contributed by atoms with van der Waals surface area (Å²) in [5, 5.41) is 1.27. The second-order valence-corrected chi connectivity index (χ2v) is 6.33. The molecule has 0 unspecified atom stereocenters. The van der Waals surface area contributed by atoms with Gasteiger partial charge in [-0.1, -0.05) is 24.3 Å². The Balaban J connectivity index is 3.11. The molecule has 0 aliphatic carbocycles. The lowest BCUT2D eigenvalue weighted by molar-refractivity contribution is 0.627. The van der Waals surface area contributed by atoms with Gasteiger partial charge < -0.3 is 0 Å². The normalized spacial score (nSPS) is 10.8. The van der Waals surface area contributed by atoms with Crippen LogP contribution in [0, 0.1) is 5.82 Å². The molecule has 1 aromatic rings. The van der Waals surface area contributed by atoms with Gasteiger partial charge in [0.25, 0.3) is 0 Å². The highest BCUT2D eigenvalue weighted by Crippen LogP contribution is 2.05. The van der Waals surface area contributed by atoms with Crippen LogP contribution in [0.2, 0.25) is 13.1 Å². The van der Waals surface area contributed by atoms with Crippen LogP contribution in [0.25, 0.3) is 0 Å². The van der Waals surface area contributed by atoms with Gasteiger partial charge in [0.1, 0.15) is 5.82 Å². The van der Waals surface area contributed by atoms with E-state index in [-0.39, 0.29) is 5.82 Å². The van der Waals surface area contributed by atoms with Gasteiger partial charge in [0.15, 0.2) is 0 Å². The van der Waals surface area contributed by atoms with Gasteiger partial charge in [-0.15, -0.1) is 11.6 Å². The molecule has 0 fully saturated rings. The van der Waals surface area contributed by atoms with Gasteiger partial charge in [-0.2, -0.15) is 0 Å². The van der Waals surface area contributed by atoms with Crippen LogP contribution in [-0.4, -0.2) is 8.80 Å². The first kappa shape index (κ1) is 9.74. The van der Waals surface area contributed by atoms with Crippen LogP contribution in [0.5, 0.6) is 0 Å². The molecule has 0 aliphatic rings. The predicted molar refractivity (Wildman–Crippen MR) is 54.5 cm³/mol. The lowest BCUT2D eigenvalue weighted by Crippen LogP contribution is -2.26. The smallest absolute Gasteiger partial charge is 0.123 e. The van der Waals surface area contributed by atoms with Gasteiger partial charge in [-0.05, 0) is 17.7 Å². The summed E-state index contributed by atoms with van der Waals surface area (Å²) in [5.41, 5.74) is 0.957. The van der Waals surface area contributed by atoms with Crippen molar-refractivity contribution in [1.82, 2.24) is 0 Å². The molecule has 0 atom stereocenters. The maximum Gasteiger partial charge on any atom is 0.123 e. The standard InChI is InChI=1S/C9H12ClFSi/c1-12(2)9-4-3-8(11)5-7(9)6-10/h3-5,12H,6H2,1-2H3.